The fourth-order valence-electron chi connectivity index (χ4n) is 3.23. The Balaban J connectivity index is 1.62. The van der Waals surface area contributed by atoms with Crippen molar-refractivity contribution < 1.29 is 4.79 Å². The van der Waals surface area contributed by atoms with E-state index in [9.17, 15) is 4.79 Å². The van der Waals surface area contributed by atoms with Crippen LogP contribution in [0.5, 0.6) is 0 Å². The molecule has 1 fully saturated rings. The van der Waals surface area contributed by atoms with Crippen molar-refractivity contribution in [2.75, 3.05) is 13.1 Å². The number of halogens is 1. The molecule has 1 unspecified atom stereocenters. The molecule has 25 heavy (non-hydrogen) atoms. The van der Waals surface area contributed by atoms with Crippen LogP contribution in [0.25, 0.3) is 0 Å². The van der Waals surface area contributed by atoms with Gasteiger partial charge in [0.05, 0.1) is 11.2 Å². The van der Waals surface area contributed by atoms with E-state index in [-0.39, 0.29) is 16.6 Å². The average molecular weight is 359 g/mol. The first-order valence-electron chi connectivity index (χ1n) is 8.69. The molecule has 1 amide bonds. The quantitative estimate of drug-likeness (QED) is 0.891. The van der Waals surface area contributed by atoms with Gasteiger partial charge in [0.1, 0.15) is 11.5 Å². The van der Waals surface area contributed by atoms with Crippen molar-refractivity contribution in [2.24, 2.45) is 0 Å². The highest BCUT2D eigenvalue weighted by Crippen LogP contribution is 2.19. The van der Waals surface area contributed by atoms with Crippen LogP contribution in [0, 0.1) is 6.92 Å². The molecule has 0 radical (unpaired) electrons. The van der Waals surface area contributed by atoms with Crippen LogP contribution in [0.3, 0.4) is 0 Å². The number of aromatic nitrogens is 2. The number of benzene rings is 1. The number of hydrogen-bond donors (Lipinski definition) is 1. The summed E-state index contributed by atoms with van der Waals surface area (Å²) in [6.07, 6.45) is 4.96. The molecule has 1 aromatic heterocycles. The van der Waals surface area contributed by atoms with Crippen molar-refractivity contribution >= 4 is 17.5 Å². The first kappa shape index (κ1) is 17.8. The van der Waals surface area contributed by atoms with E-state index in [0.717, 1.165) is 19.5 Å². The third-order valence-corrected chi connectivity index (χ3v) is 4.83. The highest BCUT2D eigenvalue weighted by Gasteiger charge is 2.23. The number of aryl methyl sites for hydroxylation is 1. The third-order valence-electron chi connectivity index (χ3n) is 4.56. The predicted molar refractivity (Wildman–Crippen MR) is 98.6 cm³/mol. The molecule has 0 spiro atoms. The number of likely N-dealkylation sites (tertiary alicyclic amines) is 1. The normalized spacial score (nSPS) is 18.1. The Hall–Kier alpha value is -1.98. The molecule has 1 aliphatic heterocycles. The zero-order chi connectivity index (χ0) is 17.6. The van der Waals surface area contributed by atoms with E-state index >= 15 is 0 Å². The lowest BCUT2D eigenvalue weighted by atomic mass is 10.0. The molecule has 5 nitrogen and oxygen atoms in total. The number of piperidine rings is 1. The maximum atomic E-state index is 12.4. The molecule has 2 aromatic rings. The van der Waals surface area contributed by atoms with Crippen LogP contribution in [0.15, 0.2) is 36.5 Å². The molecule has 3 rings (SSSR count). The molecule has 0 bridgehead atoms. The van der Waals surface area contributed by atoms with Gasteiger partial charge < -0.3 is 5.32 Å². The van der Waals surface area contributed by atoms with Gasteiger partial charge in [-0.25, -0.2) is 9.97 Å². The van der Waals surface area contributed by atoms with E-state index in [1.807, 2.05) is 6.07 Å². The molecule has 1 aromatic carbocycles. The lowest BCUT2D eigenvalue weighted by Gasteiger charge is -2.35. The van der Waals surface area contributed by atoms with Crippen LogP contribution >= 0.6 is 11.6 Å². The topological polar surface area (TPSA) is 58.1 Å². The van der Waals surface area contributed by atoms with Gasteiger partial charge in [-0.1, -0.05) is 48.4 Å². The maximum absolute atomic E-state index is 12.4. The smallest absolute Gasteiger partial charge is 0.271 e. The molecular formula is C19H23ClN4O. The molecular weight excluding hydrogens is 336 g/mol. The predicted octanol–water partition coefficient (Wildman–Crippen LogP) is 3.22. The van der Waals surface area contributed by atoms with Gasteiger partial charge in [-0.3, -0.25) is 9.69 Å². The van der Waals surface area contributed by atoms with Crippen molar-refractivity contribution in [1.82, 2.24) is 20.2 Å². The van der Waals surface area contributed by atoms with Crippen molar-refractivity contribution in [3.8, 4) is 0 Å². The standard InChI is InChI=1S/C19H23ClN4O/c1-14-21-12-17(20)18(23-14)19(25)22-11-16-9-5-6-10-24(16)13-15-7-3-2-4-8-15/h2-4,7-8,12,16H,5-6,9-11,13H2,1H3,(H,22,25). The molecule has 1 aliphatic rings. The highest BCUT2D eigenvalue weighted by atomic mass is 35.5. The number of amides is 1. The van der Waals surface area contributed by atoms with Crippen LogP contribution < -0.4 is 5.32 Å². The zero-order valence-corrected chi connectivity index (χ0v) is 15.2. The number of carbonyl (C=O) groups is 1. The second kappa shape index (κ2) is 8.41. The van der Waals surface area contributed by atoms with E-state index < -0.39 is 0 Å². The minimum Gasteiger partial charge on any atom is -0.349 e. The molecule has 1 atom stereocenters. The fraction of sp³-hybridized carbons (Fsp3) is 0.421. The van der Waals surface area contributed by atoms with Gasteiger partial charge in [-0.05, 0) is 31.9 Å². The Labute approximate surface area is 153 Å². The van der Waals surface area contributed by atoms with Gasteiger partial charge in [-0.15, -0.1) is 0 Å². The van der Waals surface area contributed by atoms with Crippen LogP contribution in [0.1, 0.15) is 41.1 Å². The summed E-state index contributed by atoms with van der Waals surface area (Å²) in [5.74, 6) is 0.304. The SMILES string of the molecule is Cc1ncc(Cl)c(C(=O)NCC2CCCCN2Cc2ccccc2)n1. The Morgan fingerprint density at radius 1 is 1.32 bits per heavy atom. The van der Waals surface area contributed by atoms with E-state index in [2.05, 4.69) is 44.5 Å². The Bertz CT molecular complexity index is 723. The van der Waals surface area contributed by atoms with Crippen LogP contribution in [0.2, 0.25) is 5.02 Å². The summed E-state index contributed by atoms with van der Waals surface area (Å²) in [5.41, 5.74) is 1.55. The molecule has 132 valence electrons. The van der Waals surface area contributed by atoms with E-state index in [1.165, 1.54) is 24.6 Å². The summed E-state index contributed by atoms with van der Waals surface area (Å²) in [5, 5.41) is 3.28. The van der Waals surface area contributed by atoms with E-state index in [1.54, 1.807) is 6.92 Å². The maximum Gasteiger partial charge on any atom is 0.271 e. The Morgan fingerprint density at radius 2 is 2.12 bits per heavy atom. The minimum atomic E-state index is -0.235. The number of rotatable bonds is 5. The Morgan fingerprint density at radius 3 is 2.92 bits per heavy atom. The van der Waals surface area contributed by atoms with Gasteiger partial charge in [0.2, 0.25) is 0 Å². The molecule has 6 heteroatoms. The fourth-order valence-corrected chi connectivity index (χ4v) is 3.40. The Kier molecular flexibility index (Phi) is 6.00. The number of hydrogen-bond acceptors (Lipinski definition) is 4. The van der Waals surface area contributed by atoms with Gasteiger partial charge in [0.15, 0.2) is 0 Å². The molecule has 0 aliphatic carbocycles. The summed E-state index contributed by atoms with van der Waals surface area (Å²) in [4.78, 5) is 23.0. The number of carbonyl (C=O) groups excluding carboxylic acids is 1. The highest BCUT2D eigenvalue weighted by molar-refractivity contribution is 6.33. The average Bonchev–Trinajstić information content (AvgIpc) is 2.63. The first-order chi connectivity index (χ1) is 12.1. The first-order valence-corrected chi connectivity index (χ1v) is 9.06. The van der Waals surface area contributed by atoms with Gasteiger partial charge in [-0.2, -0.15) is 0 Å². The van der Waals surface area contributed by atoms with Gasteiger partial charge >= 0.3 is 0 Å². The lowest BCUT2D eigenvalue weighted by molar-refractivity contribution is 0.0902. The monoisotopic (exact) mass is 358 g/mol. The summed E-state index contributed by atoms with van der Waals surface area (Å²) in [6.45, 7) is 4.32. The molecule has 0 saturated carbocycles. The van der Waals surface area contributed by atoms with Crippen molar-refractivity contribution in [3.05, 3.63) is 58.6 Å². The van der Waals surface area contributed by atoms with Crippen molar-refractivity contribution in [2.45, 2.75) is 38.8 Å². The van der Waals surface area contributed by atoms with E-state index in [4.69, 9.17) is 11.6 Å². The van der Waals surface area contributed by atoms with Crippen LogP contribution in [-0.2, 0) is 6.54 Å². The number of nitrogens with zero attached hydrogens (tertiary/aromatic N) is 3. The summed E-state index contributed by atoms with van der Waals surface area (Å²) in [6, 6.07) is 10.8. The second-order valence-corrected chi connectivity index (χ2v) is 6.84. The zero-order valence-electron chi connectivity index (χ0n) is 14.4. The molecule has 1 N–H and O–H groups in total. The molecule has 2 heterocycles. The third kappa shape index (κ3) is 4.77. The van der Waals surface area contributed by atoms with E-state index in [0.29, 0.717) is 18.4 Å². The minimum absolute atomic E-state index is 0.235. The lowest BCUT2D eigenvalue weighted by Crippen LogP contribution is -2.46. The summed E-state index contributed by atoms with van der Waals surface area (Å²) >= 11 is 6.05. The van der Waals surface area contributed by atoms with Crippen LogP contribution in [0.4, 0.5) is 0 Å². The van der Waals surface area contributed by atoms with Crippen molar-refractivity contribution in [3.63, 3.8) is 0 Å². The number of nitrogens with one attached hydrogen (secondary N) is 1. The molecule has 1 saturated heterocycles. The van der Waals surface area contributed by atoms with Crippen molar-refractivity contribution in [1.29, 1.82) is 0 Å². The summed E-state index contributed by atoms with van der Waals surface area (Å²) in [7, 11) is 0. The van der Waals surface area contributed by atoms with Crippen LogP contribution in [-0.4, -0.2) is 39.9 Å². The van der Waals surface area contributed by atoms with Gasteiger partial charge in [0, 0.05) is 19.1 Å². The second-order valence-electron chi connectivity index (χ2n) is 6.43. The van der Waals surface area contributed by atoms with Gasteiger partial charge in [0.25, 0.3) is 5.91 Å². The largest absolute Gasteiger partial charge is 0.349 e. The summed E-state index contributed by atoms with van der Waals surface area (Å²) < 4.78 is 0.